The maximum absolute atomic E-state index is 12.4. The second-order valence-electron chi connectivity index (χ2n) is 4.38. The summed E-state index contributed by atoms with van der Waals surface area (Å²) < 4.78 is 0.839. The number of hydrogen-bond acceptors (Lipinski definition) is 2. The van der Waals surface area contributed by atoms with Crippen LogP contribution in [0.2, 0.25) is 0 Å². The van der Waals surface area contributed by atoms with E-state index < -0.39 is 0 Å². The summed E-state index contributed by atoms with van der Waals surface area (Å²) in [5.74, 6) is 0.631. The summed E-state index contributed by atoms with van der Waals surface area (Å²) in [6.45, 7) is 3.03. The van der Waals surface area contributed by atoms with Gasteiger partial charge >= 0.3 is 0 Å². The van der Waals surface area contributed by atoms with E-state index in [0.717, 1.165) is 22.8 Å². The van der Waals surface area contributed by atoms with Crippen LogP contribution in [0.4, 0.5) is 0 Å². The van der Waals surface area contributed by atoms with Crippen molar-refractivity contribution < 1.29 is 4.79 Å². The van der Waals surface area contributed by atoms with E-state index in [1.165, 1.54) is 0 Å². The molecule has 2 heterocycles. The molecule has 0 radical (unpaired) electrons. The summed E-state index contributed by atoms with van der Waals surface area (Å²) in [5.41, 5.74) is 0.652. The van der Waals surface area contributed by atoms with Gasteiger partial charge in [-0.15, -0.1) is 0 Å². The van der Waals surface area contributed by atoms with E-state index in [9.17, 15) is 4.79 Å². The number of likely N-dealkylation sites (tertiary alicyclic amines) is 1. The Morgan fingerprint density at radius 3 is 3.00 bits per heavy atom. The number of nitrogens with zero attached hydrogens (tertiary/aromatic N) is 2. The molecule has 0 bridgehead atoms. The van der Waals surface area contributed by atoms with Crippen molar-refractivity contribution in [1.82, 2.24) is 9.88 Å². The molecule has 0 N–H and O–H groups in total. The van der Waals surface area contributed by atoms with Gasteiger partial charge in [0.2, 0.25) is 0 Å². The fourth-order valence-corrected chi connectivity index (χ4v) is 3.54. The fourth-order valence-electron chi connectivity index (χ4n) is 2.19. The summed E-state index contributed by atoms with van der Waals surface area (Å²) in [5, 5.41) is 0.835. The molecule has 0 saturated carbocycles. The summed E-state index contributed by atoms with van der Waals surface area (Å²) in [4.78, 5) is 18.3. The van der Waals surface area contributed by atoms with Crippen molar-refractivity contribution in [3.8, 4) is 0 Å². The van der Waals surface area contributed by atoms with Gasteiger partial charge in [-0.3, -0.25) is 9.78 Å². The molecule has 3 nitrogen and oxygen atoms in total. The van der Waals surface area contributed by atoms with Gasteiger partial charge in [-0.2, -0.15) is 0 Å². The van der Waals surface area contributed by atoms with Crippen LogP contribution in [0.3, 0.4) is 0 Å². The van der Waals surface area contributed by atoms with Gasteiger partial charge in [0.1, 0.15) is 0 Å². The highest BCUT2D eigenvalue weighted by atomic mass is 79.9. The predicted octanol–water partition coefficient (Wildman–Crippen LogP) is 3.09. The number of halogens is 2. The van der Waals surface area contributed by atoms with E-state index >= 15 is 0 Å². The average molecular weight is 362 g/mol. The van der Waals surface area contributed by atoms with Crippen LogP contribution < -0.4 is 0 Å². The standard InChI is InChI=1S/C12H14Br2N2O/c1-8-2-3-16(11(8)5-13)12(17)9-4-10(14)7-15-6-9/h4,6-8,11H,2-3,5H2,1H3. The first-order valence-electron chi connectivity index (χ1n) is 5.61. The second-order valence-corrected chi connectivity index (χ2v) is 5.94. The number of hydrogen-bond donors (Lipinski definition) is 0. The van der Waals surface area contributed by atoms with Crippen LogP contribution in [0.1, 0.15) is 23.7 Å². The summed E-state index contributed by atoms with van der Waals surface area (Å²) in [6.07, 6.45) is 4.39. The van der Waals surface area contributed by atoms with Crippen molar-refractivity contribution in [2.75, 3.05) is 11.9 Å². The maximum Gasteiger partial charge on any atom is 0.255 e. The Morgan fingerprint density at radius 2 is 2.35 bits per heavy atom. The molecule has 1 saturated heterocycles. The van der Waals surface area contributed by atoms with Gasteiger partial charge < -0.3 is 4.90 Å². The van der Waals surface area contributed by atoms with Gasteiger partial charge in [0.15, 0.2) is 0 Å². The van der Waals surface area contributed by atoms with Crippen LogP contribution in [0, 0.1) is 5.92 Å². The highest BCUT2D eigenvalue weighted by Gasteiger charge is 2.33. The van der Waals surface area contributed by atoms with E-state index in [2.05, 4.69) is 43.8 Å². The van der Waals surface area contributed by atoms with Crippen molar-refractivity contribution in [3.63, 3.8) is 0 Å². The van der Waals surface area contributed by atoms with Gasteiger partial charge in [-0.1, -0.05) is 22.9 Å². The highest BCUT2D eigenvalue weighted by molar-refractivity contribution is 9.10. The van der Waals surface area contributed by atoms with Crippen molar-refractivity contribution in [2.24, 2.45) is 5.92 Å². The topological polar surface area (TPSA) is 33.2 Å². The SMILES string of the molecule is CC1CCN(C(=O)c2cncc(Br)c2)C1CBr. The number of aromatic nitrogens is 1. The first-order chi connectivity index (χ1) is 8.13. The molecule has 1 amide bonds. The Hall–Kier alpha value is -0.420. The van der Waals surface area contributed by atoms with Gasteiger partial charge in [-0.25, -0.2) is 0 Å². The van der Waals surface area contributed by atoms with Gasteiger partial charge in [0, 0.05) is 34.8 Å². The Morgan fingerprint density at radius 1 is 1.59 bits per heavy atom. The molecule has 1 fully saturated rings. The minimum absolute atomic E-state index is 0.0765. The van der Waals surface area contributed by atoms with Crippen LogP contribution in [0.25, 0.3) is 0 Å². The van der Waals surface area contributed by atoms with Crippen LogP contribution in [-0.2, 0) is 0 Å². The van der Waals surface area contributed by atoms with Gasteiger partial charge in [0.25, 0.3) is 5.91 Å². The first-order valence-corrected chi connectivity index (χ1v) is 7.52. The fraction of sp³-hybridized carbons (Fsp3) is 0.500. The van der Waals surface area contributed by atoms with E-state index in [4.69, 9.17) is 0 Å². The van der Waals surface area contributed by atoms with E-state index in [0.29, 0.717) is 17.5 Å². The lowest BCUT2D eigenvalue weighted by atomic mass is 10.1. The Kier molecular flexibility index (Phi) is 4.20. The molecular weight excluding hydrogens is 348 g/mol. The normalized spacial score (nSPS) is 24.1. The third-order valence-electron chi connectivity index (χ3n) is 3.25. The zero-order valence-corrected chi connectivity index (χ0v) is 12.7. The molecule has 0 spiro atoms. The molecule has 17 heavy (non-hydrogen) atoms. The molecular formula is C12H14Br2N2O. The monoisotopic (exact) mass is 360 g/mol. The lowest BCUT2D eigenvalue weighted by Crippen LogP contribution is -2.38. The van der Waals surface area contributed by atoms with Gasteiger partial charge in [-0.05, 0) is 34.3 Å². The Labute approximate surface area is 118 Å². The third kappa shape index (κ3) is 2.71. The van der Waals surface area contributed by atoms with Crippen molar-refractivity contribution in [2.45, 2.75) is 19.4 Å². The van der Waals surface area contributed by atoms with Crippen molar-refractivity contribution in [3.05, 3.63) is 28.5 Å². The first kappa shape index (κ1) is 13.0. The Bertz CT molecular complexity index is 425. The number of alkyl halides is 1. The van der Waals surface area contributed by atoms with Crippen LogP contribution >= 0.6 is 31.9 Å². The lowest BCUT2D eigenvalue weighted by molar-refractivity contribution is 0.0738. The molecule has 1 aliphatic heterocycles. The van der Waals surface area contributed by atoms with E-state index in [1.54, 1.807) is 12.4 Å². The molecule has 2 unspecified atom stereocenters. The predicted molar refractivity (Wildman–Crippen MR) is 74.3 cm³/mol. The molecule has 2 rings (SSSR count). The number of rotatable bonds is 2. The molecule has 0 aliphatic carbocycles. The Balaban J connectivity index is 2.20. The molecule has 5 heteroatoms. The molecule has 2 atom stereocenters. The quantitative estimate of drug-likeness (QED) is 0.758. The lowest BCUT2D eigenvalue weighted by Gasteiger charge is -2.25. The zero-order valence-electron chi connectivity index (χ0n) is 9.57. The molecule has 92 valence electrons. The molecule has 1 aromatic heterocycles. The number of carbonyl (C=O) groups is 1. The summed E-state index contributed by atoms with van der Waals surface area (Å²) in [6, 6.07) is 2.12. The summed E-state index contributed by atoms with van der Waals surface area (Å²) >= 11 is 6.83. The van der Waals surface area contributed by atoms with Crippen LogP contribution in [0.15, 0.2) is 22.9 Å². The second kappa shape index (κ2) is 5.48. The highest BCUT2D eigenvalue weighted by Crippen LogP contribution is 2.27. The molecule has 1 aliphatic rings. The molecule has 0 aromatic carbocycles. The number of pyridine rings is 1. The maximum atomic E-state index is 12.4. The minimum atomic E-state index is 0.0765. The van der Waals surface area contributed by atoms with E-state index in [-0.39, 0.29) is 5.91 Å². The average Bonchev–Trinajstić information content (AvgIpc) is 2.69. The largest absolute Gasteiger partial charge is 0.334 e. The van der Waals surface area contributed by atoms with Gasteiger partial charge in [0.05, 0.1) is 5.56 Å². The smallest absolute Gasteiger partial charge is 0.255 e. The minimum Gasteiger partial charge on any atom is -0.334 e. The van der Waals surface area contributed by atoms with Crippen LogP contribution in [0.5, 0.6) is 0 Å². The number of carbonyl (C=O) groups excluding carboxylic acids is 1. The number of amides is 1. The zero-order chi connectivity index (χ0) is 12.4. The molecule has 1 aromatic rings. The van der Waals surface area contributed by atoms with E-state index in [1.807, 2.05) is 11.0 Å². The van der Waals surface area contributed by atoms with Crippen molar-refractivity contribution in [1.29, 1.82) is 0 Å². The van der Waals surface area contributed by atoms with Crippen LogP contribution in [-0.4, -0.2) is 33.7 Å². The van der Waals surface area contributed by atoms with Crippen molar-refractivity contribution >= 4 is 37.8 Å². The third-order valence-corrected chi connectivity index (χ3v) is 4.35. The summed E-state index contributed by atoms with van der Waals surface area (Å²) in [7, 11) is 0.